The lowest BCUT2D eigenvalue weighted by molar-refractivity contribution is -0.115. The van der Waals surface area contributed by atoms with E-state index in [0.717, 1.165) is 34.4 Å². The molecule has 0 bridgehead atoms. The van der Waals surface area contributed by atoms with Crippen LogP contribution in [0, 0.1) is 6.92 Å². The quantitative estimate of drug-likeness (QED) is 0.383. The minimum absolute atomic E-state index is 0.136. The van der Waals surface area contributed by atoms with Crippen LogP contribution in [0.1, 0.15) is 16.7 Å². The summed E-state index contributed by atoms with van der Waals surface area (Å²) in [7, 11) is 1.63. The highest BCUT2D eigenvalue weighted by Crippen LogP contribution is 2.31. The molecule has 1 N–H and O–H groups in total. The number of methoxy groups -OCH3 is 1. The van der Waals surface area contributed by atoms with E-state index in [4.69, 9.17) is 4.74 Å². The number of carbonyl (C=O) groups excluding carboxylic acids is 1. The SMILES string of the molecule is COc1ccc(N=C2NC(=O)/C(=C\c3cn(Cc4ccc(C)cc4)c4ccccc34)S2)cc1. The molecule has 1 aromatic heterocycles. The summed E-state index contributed by atoms with van der Waals surface area (Å²) in [4.78, 5) is 17.8. The predicted octanol–water partition coefficient (Wildman–Crippen LogP) is 5.90. The first-order valence-corrected chi connectivity index (χ1v) is 11.5. The number of aliphatic imine (C=N–C) groups is 1. The highest BCUT2D eigenvalue weighted by molar-refractivity contribution is 8.18. The fourth-order valence-corrected chi connectivity index (χ4v) is 4.64. The van der Waals surface area contributed by atoms with E-state index in [2.05, 4.69) is 64.4 Å². The molecule has 1 saturated heterocycles. The van der Waals surface area contributed by atoms with Crippen LogP contribution in [-0.4, -0.2) is 22.8 Å². The van der Waals surface area contributed by atoms with Gasteiger partial charge < -0.3 is 14.6 Å². The minimum Gasteiger partial charge on any atom is -0.497 e. The first-order valence-electron chi connectivity index (χ1n) is 10.7. The van der Waals surface area contributed by atoms with Crippen LogP contribution in [-0.2, 0) is 11.3 Å². The number of hydrogen-bond donors (Lipinski definition) is 1. The van der Waals surface area contributed by atoms with E-state index in [-0.39, 0.29) is 5.91 Å². The number of aromatic nitrogens is 1. The third-order valence-electron chi connectivity index (χ3n) is 5.53. The van der Waals surface area contributed by atoms with Gasteiger partial charge in [0, 0.05) is 29.2 Å². The summed E-state index contributed by atoms with van der Waals surface area (Å²) < 4.78 is 7.42. The van der Waals surface area contributed by atoms with Gasteiger partial charge in [-0.25, -0.2) is 4.99 Å². The molecule has 1 aliphatic rings. The number of nitrogens with one attached hydrogen (secondary N) is 1. The largest absolute Gasteiger partial charge is 0.497 e. The number of carbonyl (C=O) groups is 1. The van der Waals surface area contributed by atoms with Crippen LogP contribution >= 0.6 is 11.8 Å². The molecule has 0 spiro atoms. The number of fused-ring (bicyclic) bond motifs is 1. The Hall–Kier alpha value is -3.77. The van der Waals surface area contributed by atoms with E-state index in [1.165, 1.54) is 22.9 Å². The van der Waals surface area contributed by atoms with Gasteiger partial charge in [-0.1, -0.05) is 48.0 Å². The summed E-state index contributed by atoms with van der Waals surface area (Å²) in [6, 6.07) is 24.3. The highest BCUT2D eigenvalue weighted by Gasteiger charge is 2.24. The van der Waals surface area contributed by atoms with Crippen molar-refractivity contribution in [3.8, 4) is 5.75 Å². The Balaban J connectivity index is 1.44. The molecule has 0 aliphatic carbocycles. The molecule has 1 aliphatic heterocycles. The summed E-state index contributed by atoms with van der Waals surface area (Å²) in [5, 5.41) is 4.55. The molecular formula is C27H23N3O2S. The average Bonchev–Trinajstić information content (AvgIpc) is 3.35. The van der Waals surface area contributed by atoms with E-state index >= 15 is 0 Å². The van der Waals surface area contributed by atoms with E-state index in [1.807, 2.05) is 42.5 Å². The monoisotopic (exact) mass is 453 g/mol. The van der Waals surface area contributed by atoms with Gasteiger partial charge in [0.2, 0.25) is 0 Å². The summed E-state index contributed by atoms with van der Waals surface area (Å²) in [6.45, 7) is 2.86. The van der Waals surface area contributed by atoms with Gasteiger partial charge in [0.05, 0.1) is 17.7 Å². The van der Waals surface area contributed by atoms with Crippen molar-refractivity contribution < 1.29 is 9.53 Å². The molecule has 0 unspecified atom stereocenters. The second-order valence-corrected chi connectivity index (χ2v) is 8.93. The zero-order valence-corrected chi connectivity index (χ0v) is 19.2. The fourth-order valence-electron chi connectivity index (χ4n) is 3.81. The van der Waals surface area contributed by atoms with Gasteiger partial charge in [-0.15, -0.1) is 0 Å². The van der Waals surface area contributed by atoms with Crippen molar-refractivity contribution in [3.05, 3.63) is 101 Å². The molecule has 1 fully saturated rings. The Bertz CT molecular complexity index is 1380. The van der Waals surface area contributed by atoms with Crippen LogP contribution in [0.15, 0.2) is 88.9 Å². The highest BCUT2D eigenvalue weighted by atomic mass is 32.2. The van der Waals surface area contributed by atoms with Crippen LogP contribution in [0.2, 0.25) is 0 Å². The topological polar surface area (TPSA) is 55.6 Å². The van der Waals surface area contributed by atoms with Gasteiger partial charge >= 0.3 is 0 Å². The number of ether oxygens (including phenoxy) is 1. The molecule has 1 amide bonds. The molecular weight excluding hydrogens is 430 g/mol. The average molecular weight is 454 g/mol. The number of hydrogen-bond acceptors (Lipinski definition) is 4. The minimum atomic E-state index is -0.136. The number of para-hydroxylation sites is 1. The second kappa shape index (κ2) is 9.00. The number of aryl methyl sites for hydroxylation is 1. The molecule has 0 atom stereocenters. The van der Waals surface area contributed by atoms with Crippen molar-refractivity contribution in [2.75, 3.05) is 7.11 Å². The third kappa shape index (κ3) is 4.56. The van der Waals surface area contributed by atoms with Crippen molar-refractivity contribution in [2.45, 2.75) is 13.5 Å². The summed E-state index contributed by atoms with van der Waals surface area (Å²) in [5.74, 6) is 0.632. The van der Waals surface area contributed by atoms with Crippen LogP contribution in [0.5, 0.6) is 5.75 Å². The molecule has 164 valence electrons. The van der Waals surface area contributed by atoms with E-state index in [9.17, 15) is 4.79 Å². The smallest absolute Gasteiger partial charge is 0.264 e. The molecule has 5 rings (SSSR count). The summed E-state index contributed by atoms with van der Waals surface area (Å²) in [6.07, 6.45) is 4.06. The Morgan fingerprint density at radius 1 is 1.03 bits per heavy atom. The van der Waals surface area contributed by atoms with Crippen molar-refractivity contribution in [1.82, 2.24) is 9.88 Å². The van der Waals surface area contributed by atoms with Gasteiger partial charge in [-0.2, -0.15) is 0 Å². The van der Waals surface area contributed by atoms with Crippen molar-refractivity contribution in [1.29, 1.82) is 0 Å². The number of amidine groups is 1. The lowest BCUT2D eigenvalue weighted by Gasteiger charge is -2.06. The maximum atomic E-state index is 12.6. The summed E-state index contributed by atoms with van der Waals surface area (Å²) in [5.41, 5.74) is 5.40. The van der Waals surface area contributed by atoms with Crippen molar-refractivity contribution in [3.63, 3.8) is 0 Å². The van der Waals surface area contributed by atoms with Crippen molar-refractivity contribution >= 4 is 45.5 Å². The standard InChI is InChI=1S/C27H23N3O2S/c1-18-7-9-19(10-8-18)16-30-17-20(23-5-3-4-6-24(23)30)15-25-26(31)29-27(33-25)28-21-11-13-22(32-2)14-12-21/h3-15,17H,16H2,1-2H3,(H,28,29,31)/b25-15+. The Morgan fingerprint density at radius 3 is 2.55 bits per heavy atom. The molecule has 0 radical (unpaired) electrons. The number of amides is 1. The number of nitrogens with zero attached hydrogens (tertiary/aromatic N) is 2. The van der Waals surface area contributed by atoms with Gasteiger partial charge in [0.25, 0.3) is 5.91 Å². The van der Waals surface area contributed by atoms with Gasteiger partial charge in [-0.05, 0) is 60.7 Å². The molecule has 2 heterocycles. The van der Waals surface area contributed by atoms with Crippen LogP contribution in [0.25, 0.3) is 17.0 Å². The zero-order valence-electron chi connectivity index (χ0n) is 18.4. The van der Waals surface area contributed by atoms with Crippen LogP contribution < -0.4 is 10.1 Å². The van der Waals surface area contributed by atoms with Crippen LogP contribution in [0.4, 0.5) is 5.69 Å². The normalized spacial score (nSPS) is 16.0. The maximum Gasteiger partial charge on any atom is 0.264 e. The number of benzene rings is 3. The third-order valence-corrected chi connectivity index (χ3v) is 6.44. The second-order valence-electron chi connectivity index (χ2n) is 7.89. The van der Waals surface area contributed by atoms with Crippen LogP contribution in [0.3, 0.4) is 0 Å². The molecule has 5 nitrogen and oxygen atoms in total. The predicted molar refractivity (Wildman–Crippen MR) is 136 cm³/mol. The molecule has 6 heteroatoms. The summed E-state index contributed by atoms with van der Waals surface area (Å²) >= 11 is 1.35. The molecule has 3 aromatic carbocycles. The maximum absolute atomic E-state index is 12.6. The molecule has 33 heavy (non-hydrogen) atoms. The zero-order chi connectivity index (χ0) is 22.8. The number of rotatable bonds is 5. The number of thioether (sulfide) groups is 1. The lowest BCUT2D eigenvalue weighted by Crippen LogP contribution is -2.19. The van der Waals surface area contributed by atoms with Gasteiger partial charge in [0.15, 0.2) is 5.17 Å². The first-order chi connectivity index (χ1) is 16.1. The van der Waals surface area contributed by atoms with E-state index in [0.29, 0.717) is 10.1 Å². The van der Waals surface area contributed by atoms with E-state index in [1.54, 1.807) is 7.11 Å². The van der Waals surface area contributed by atoms with Gasteiger partial charge in [0.1, 0.15) is 5.75 Å². The Labute approximate surface area is 196 Å². The Morgan fingerprint density at radius 2 is 1.79 bits per heavy atom. The lowest BCUT2D eigenvalue weighted by atomic mass is 10.1. The first kappa shape index (κ1) is 21.1. The Kier molecular flexibility index (Phi) is 5.75. The van der Waals surface area contributed by atoms with Crippen molar-refractivity contribution in [2.24, 2.45) is 4.99 Å². The van der Waals surface area contributed by atoms with Gasteiger partial charge in [-0.3, -0.25) is 4.79 Å². The molecule has 0 saturated carbocycles. The van der Waals surface area contributed by atoms with E-state index < -0.39 is 0 Å². The molecule has 4 aromatic rings. The fraction of sp³-hybridized carbons (Fsp3) is 0.111.